The van der Waals surface area contributed by atoms with Gasteiger partial charge in [-0.15, -0.1) is 0 Å². The zero-order chi connectivity index (χ0) is 20.0. The Morgan fingerprint density at radius 2 is 1.70 bits per heavy atom. The summed E-state index contributed by atoms with van der Waals surface area (Å²) in [5, 5.41) is 5.90. The van der Waals surface area contributed by atoms with Gasteiger partial charge in [0, 0.05) is 23.2 Å². The number of rotatable bonds is 7. The number of likely N-dealkylation sites (tertiary alicyclic amines) is 1. The topological polar surface area (TPSA) is 105 Å². The number of anilines is 1. The minimum absolute atomic E-state index is 0.0202. The number of nitrogens with one attached hydrogen (secondary N) is 2. The van der Waals surface area contributed by atoms with E-state index in [9.17, 15) is 14.4 Å². The number of carbonyl (C=O) groups excluding carboxylic acids is 3. The van der Waals surface area contributed by atoms with Crippen molar-refractivity contribution in [2.45, 2.75) is 39.7 Å². The molecule has 1 aliphatic heterocycles. The Balaban J connectivity index is 1.75. The molecule has 1 saturated heterocycles. The lowest BCUT2D eigenvalue weighted by Crippen LogP contribution is -2.45. The van der Waals surface area contributed by atoms with Crippen LogP contribution in [0, 0.1) is 11.8 Å². The van der Waals surface area contributed by atoms with E-state index in [1.54, 1.807) is 24.3 Å². The van der Waals surface area contributed by atoms with Gasteiger partial charge in [-0.05, 0) is 63.0 Å². The first-order chi connectivity index (χ1) is 12.8. The maximum atomic E-state index is 12.3. The van der Waals surface area contributed by atoms with Crippen LogP contribution in [0.2, 0.25) is 0 Å². The van der Waals surface area contributed by atoms with Crippen LogP contribution in [0.4, 0.5) is 5.69 Å². The Bertz CT molecular complexity index is 664. The van der Waals surface area contributed by atoms with Crippen LogP contribution in [0.5, 0.6) is 0 Å². The first-order valence-corrected chi connectivity index (χ1v) is 9.48. The summed E-state index contributed by atoms with van der Waals surface area (Å²) < 4.78 is 0. The van der Waals surface area contributed by atoms with E-state index in [1.807, 2.05) is 6.92 Å². The zero-order valence-corrected chi connectivity index (χ0v) is 16.3. The molecule has 0 aromatic heterocycles. The number of amides is 3. The molecule has 148 valence electrons. The van der Waals surface area contributed by atoms with E-state index in [2.05, 4.69) is 29.4 Å². The molecule has 1 aromatic carbocycles. The Hall–Kier alpha value is -2.41. The standard InChI is InChI=1S/C20H30N4O3/c1-13(2)14(3)22-20(27)16-8-10-24(11-9-16)12-18(25)23-17-6-4-15(5-7-17)19(21)26/h4-7,13-14,16H,8-12H2,1-3H3,(H2,21,26)(H,22,27)(H,23,25)/t14-/m1/s1. The molecule has 27 heavy (non-hydrogen) atoms. The van der Waals surface area contributed by atoms with E-state index in [0.29, 0.717) is 17.2 Å². The number of nitrogens with zero attached hydrogens (tertiary/aromatic N) is 1. The molecule has 3 amide bonds. The van der Waals surface area contributed by atoms with Gasteiger partial charge in [0.25, 0.3) is 0 Å². The highest BCUT2D eigenvalue weighted by Gasteiger charge is 2.27. The molecule has 0 bridgehead atoms. The van der Waals surface area contributed by atoms with Crippen LogP contribution in [-0.2, 0) is 9.59 Å². The minimum atomic E-state index is -0.498. The number of benzene rings is 1. The van der Waals surface area contributed by atoms with E-state index in [-0.39, 0.29) is 30.3 Å². The average molecular weight is 374 g/mol. The molecule has 0 radical (unpaired) electrons. The third kappa shape index (κ3) is 6.36. The summed E-state index contributed by atoms with van der Waals surface area (Å²) in [6.07, 6.45) is 1.52. The molecule has 0 saturated carbocycles. The highest BCUT2D eigenvalue weighted by atomic mass is 16.2. The van der Waals surface area contributed by atoms with Crippen molar-refractivity contribution in [3.8, 4) is 0 Å². The fourth-order valence-electron chi connectivity index (χ4n) is 2.98. The molecule has 7 nitrogen and oxygen atoms in total. The molecule has 0 spiro atoms. The number of piperidine rings is 1. The van der Waals surface area contributed by atoms with Gasteiger partial charge in [-0.3, -0.25) is 19.3 Å². The first kappa shape index (κ1) is 20.9. The summed E-state index contributed by atoms with van der Waals surface area (Å²) in [5.41, 5.74) is 6.23. The van der Waals surface area contributed by atoms with Crippen LogP contribution < -0.4 is 16.4 Å². The number of nitrogens with two attached hydrogens (primary N) is 1. The van der Waals surface area contributed by atoms with Crippen LogP contribution >= 0.6 is 0 Å². The maximum Gasteiger partial charge on any atom is 0.248 e. The molecular formula is C20H30N4O3. The Labute approximate surface area is 160 Å². The van der Waals surface area contributed by atoms with Crippen molar-refractivity contribution in [1.29, 1.82) is 0 Å². The molecule has 0 aliphatic carbocycles. The molecule has 1 atom stereocenters. The van der Waals surface area contributed by atoms with E-state index in [0.717, 1.165) is 25.9 Å². The van der Waals surface area contributed by atoms with Gasteiger partial charge in [0.05, 0.1) is 6.54 Å². The van der Waals surface area contributed by atoms with E-state index in [1.165, 1.54) is 0 Å². The van der Waals surface area contributed by atoms with Crippen molar-refractivity contribution in [1.82, 2.24) is 10.2 Å². The molecule has 2 rings (SSSR count). The van der Waals surface area contributed by atoms with Crippen LogP contribution in [-0.4, -0.2) is 48.3 Å². The fourth-order valence-corrected chi connectivity index (χ4v) is 2.98. The van der Waals surface area contributed by atoms with Crippen LogP contribution in [0.15, 0.2) is 24.3 Å². The monoisotopic (exact) mass is 374 g/mol. The number of hydrogen-bond acceptors (Lipinski definition) is 4. The second kappa shape index (κ2) is 9.50. The summed E-state index contributed by atoms with van der Waals surface area (Å²) in [6, 6.07) is 6.65. The highest BCUT2D eigenvalue weighted by molar-refractivity contribution is 5.95. The third-order valence-corrected chi connectivity index (χ3v) is 5.15. The van der Waals surface area contributed by atoms with Gasteiger partial charge in [0.2, 0.25) is 17.7 Å². The average Bonchev–Trinajstić information content (AvgIpc) is 2.62. The summed E-state index contributed by atoms with van der Waals surface area (Å²) in [7, 11) is 0. The van der Waals surface area contributed by atoms with Gasteiger partial charge < -0.3 is 16.4 Å². The lowest BCUT2D eigenvalue weighted by molar-refractivity contribution is -0.127. The summed E-state index contributed by atoms with van der Waals surface area (Å²) >= 11 is 0. The van der Waals surface area contributed by atoms with Gasteiger partial charge in [-0.25, -0.2) is 0 Å². The maximum absolute atomic E-state index is 12.3. The van der Waals surface area contributed by atoms with E-state index < -0.39 is 5.91 Å². The highest BCUT2D eigenvalue weighted by Crippen LogP contribution is 2.18. The number of primary amides is 1. The van der Waals surface area contributed by atoms with Crippen molar-refractivity contribution in [3.05, 3.63) is 29.8 Å². The Kier molecular flexibility index (Phi) is 7.36. The zero-order valence-electron chi connectivity index (χ0n) is 16.3. The fraction of sp³-hybridized carbons (Fsp3) is 0.550. The van der Waals surface area contributed by atoms with E-state index in [4.69, 9.17) is 5.73 Å². The summed E-state index contributed by atoms with van der Waals surface area (Å²) in [4.78, 5) is 37.6. The van der Waals surface area contributed by atoms with Crippen molar-refractivity contribution in [3.63, 3.8) is 0 Å². The molecule has 7 heteroatoms. The second-order valence-corrected chi connectivity index (χ2v) is 7.58. The van der Waals surface area contributed by atoms with Gasteiger partial charge in [-0.2, -0.15) is 0 Å². The van der Waals surface area contributed by atoms with Crippen LogP contribution in [0.25, 0.3) is 0 Å². The van der Waals surface area contributed by atoms with Crippen molar-refractivity contribution in [2.75, 3.05) is 25.0 Å². The summed E-state index contributed by atoms with van der Waals surface area (Å²) in [6.45, 7) is 7.94. The molecule has 4 N–H and O–H groups in total. The van der Waals surface area contributed by atoms with Gasteiger partial charge in [0.1, 0.15) is 0 Å². The number of hydrogen-bond donors (Lipinski definition) is 3. The van der Waals surface area contributed by atoms with Crippen molar-refractivity contribution < 1.29 is 14.4 Å². The Morgan fingerprint density at radius 3 is 2.22 bits per heavy atom. The molecule has 0 unspecified atom stereocenters. The third-order valence-electron chi connectivity index (χ3n) is 5.15. The second-order valence-electron chi connectivity index (χ2n) is 7.58. The predicted molar refractivity (Wildman–Crippen MR) is 105 cm³/mol. The van der Waals surface area contributed by atoms with Gasteiger partial charge >= 0.3 is 0 Å². The molecule has 1 aliphatic rings. The molecule has 1 heterocycles. The van der Waals surface area contributed by atoms with Crippen molar-refractivity contribution in [2.24, 2.45) is 17.6 Å². The van der Waals surface area contributed by atoms with Crippen LogP contribution in [0.3, 0.4) is 0 Å². The largest absolute Gasteiger partial charge is 0.366 e. The smallest absolute Gasteiger partial charge is 0.248 e. The molecule has 1 fully saturated rings. The quantitative estimate of drug-likeness (QED) is 0.674. The van der Waals surface area contributed by atoms with Crippen LogP contribution in [0.1, 0.15) is 44.0 Å². The predicted octanol–water partition coefficient (Wildman–Crippen LogP) is 1.60. The Morgan fingerprint density at radius 1 is 1.11 bits per heavy atom. The number of carbonyl (C=O) groups is 3. The lowest BCUT2D eigenvalue weighted by atomic mass is 9.95. The summed E-state index contributed by atoms with van der Waals surface area (Å²) in [5.74, 6) is -0.0581. The molecule has 1 aromatic rings. The van der Waals surface area contributed by atoms with Gasteiger partial charge in [-0.1, -0.05) is 13.8 Å². The molecular weight excluding hydrogens is 344 g/mol. The normalized spacial score (nSPS) is 16.7. The lowest BCUT2D eigenvalue weighted by Gasteiger charge is -2.31. The first-order valence-electron chi connectivity index (χ1n) is 9.48. The van der Waals surface area contributed by atoms with E-state index >= 15 is 0 Å². The van der Waals surface area contributed by atoms with Crippen molar-refractivity contribution >= 4 is 23.4 Å². The van der Waals surface area contributed by atoms with Gasteiger partial charge in [0.15, 0.2) is 0 Å². The SMILES string of the molecule is CC(C)[C@@H](C)NC(=O)C1CCN(CC(=O)Nc2ccc(C(N)=O)cc2)CC1. The minimum Gasteiger partial charge on any atom is -0.366 e.